The molecule has 4 N–H and O–H groups in total. The van der Waals surface area contributed by atoms with Crippen LogP contribution < -0.4 is 5.32 Å². The average Bonchev–Trinajstić information content (AvgIpc) is 3.10. The summed E-state index contributed by atoms with van der Waals surface area (Å²) in [6.07, 6.45) is 4.50. The second-order valence-corrected chi connectivity index (χ2v) is 6.38. The normalized spacial score (nSPS) is 12.5. The van der Waals surface area contributed by atoms with E-state index >= 15 is 0 Å². The van der Waals surface area contributed by atoms with Gasteiger partial charge in [-0.05, 0) is 35.1 Å². The molecule has 2 aromatic heterocycles. The number of aromatic nitrogens is 4. The van der Waals surface area contributed by atoms with Gasteiger partial charge in [-0.2, -0.15) is 0 Å². The van der Waals surface area contributed by atoms with Crippen LogP contribution in [0.2, 0.25) is 0 Å². The summed E-state index contributed by atoms with van der Waals surface area (Å²) in [6, 6.07) is -0.633. The van der Waals surface area contributed by atoms with Gasteiger partial charge in [-0.15, -0.1) is 0 Å². The van der Waals surface area contributed by atoms with Crippen LogP contribution in [-0.2, 0) is 17.6 Å². The standard InChI is InChI=1S/C12H17N5O2S2/c1-3-7-10(16-5-14-7)20-21-11-8(15-6-17-11)4-9(13-2)12(18)19/h5-6,9,13H,3-4H2,1-2H3,(H,14,16)(H,15,17)(H,18,19). The first-order valence-corrected chi connectivity index (χ1v) is 8.59. The van der Waals surface area contributed by atoms with Crippen molar-refractivity contribution < 1.29 is 9.90 Å². The number of likely N-dealkylation sites (N-methyl/N-ethyl adjacent to an activating group) is 1. The number of nitrogens with one attached hydrogen (secondary N) is 3. The first-order valence-electron chi connectivity index (χ1n) is 6.44. The number of H-pyrrole nitrogens is 2. The predicted octanol–water partition coefficient (Wildman–Crippen LogP) is 1.71. The zero-order valence-corrected chi connectivity index (χ0v) is 13.3. The third-order valence-electron chi connectivity index (χ3n) is 2.97. The fourth-order valence-corrected chi connectivity index (χ4v) is 3.99. The molecule has 114 valence electrons. The minimum Gasteiger partial charge on any atom is -0.480 e. The number of rotatable bonds is 8. The molecule has 0 aliphatic carbocycles. The van der Waals surface area contributed by atoms with Crippen LogP contribution in [0, 0.1) is 0 Å². The zero-order valence-electron chi connectivity index (χ0n) is 11.7. The van der Waals surface area contributed by atoms with Crippen LogP contribution in [0.4, 0.5) is 0 Å². The van der Waals surface area contributed by atoms with Crippen LogP contribution in [0.25, 0.3) is 0 Å². The molecular weight excluding hydrogens is 310 g/mol. The third-order valence-corrected chi connectivity index (χ3v) is 5.27. The van der Waals surface area contributed by atoms with Crippen molar-refractivity contribution in [3.05, 3.63) is 24.0 Å². The van der Waals surface area contributed by atoms with E-state index in [0.717, 1.165) is 27.9 Å². The van der Waals surface area contributed by atoms with Gasteiger partial charge in [0.15, 0.2) is 0 Å². The van der Waals surface area contributed by atoms with Gasteiger partial charge in [0, 0.05) is 12.1 Å². The number of carbonyl (C=O) groups is 1. The molecule has 0 saturated carbocycles. The lowest BCUT2D eigenvalue weighted by molar-refractivity contribution is -0.139. The van der Waals surface area contributed by atoms with Gasteiger partial charge in [-0.25, -0.2) is 9.97 Å². The number of carboxylic acids is 1. The summed E-state index contributed by atoms with van der Waals surface area (Å²) in [7, 11) is 4.63. The van der Waals surface area contributed by atoms with E-state index in [2.05, 4.69) is 32.2 Å². The van der Waals surface area contributed by atoms with Crippen molar-refractivity contribution in [2.75, 3.05) is 7.05 Å². The number of imidazole rings is 2. The molecule has 0 fully saturated rings. The van der Waals surface area contributed by atoms with Crippen LogP contribution in [0.15, 0.2) is 22.7 Å². The number of hydrogen-bond acceptors (Lipinski definition) is 6. The molecule has 0 aliphatic heterocycles. The van der Waals surface area contributed by atoms with Gasteiger partial charge in [0.05, 0.1) is 18.3 Å². The molecule has 0 saturated heterocycles. The van der Waals surface area contributed by atoms with Crippen molar-refractivity contribution in [1.82, 2.24) is 25.3 Å². The second-order valence-electron chi connectivity index (χ2n) is 4.28. The quantitative estimate of drug-likeness (QED) is 0.547. The zero-order chi connectivity index (χ0) is 15.2. The Kier molecular flexibility index (Phi) is 5.71. The van der Waals surface area contributed by atoms with Crippen molar-refractivity contribution in [3.8, 4) is 0 Å². The summed E-state index contributed by atoms with van der Waals surface area (Å²) < 4.78 is 0. The summed E-state index contributed by atoms with van der Waals surface area (Å²) in [4.78, 5) is 25.7. The number of aliphatic carboxylic acids is 1. The van der Waals surface area contributed by atoms with E-state index in [1.807, 2.05) is 0 Å². The minimum absolute atomic E-state index is 0.357. The van der Waals surface area contributed by atoms with Crippen molar-refractivity contribution >= 4 is 27.6 Å². The maximum absolute atomic E-state index is 11.1. The number of aromatic amines is 2. The molecule has 7 nitrogen and oxygen atoms in total. The maximum atomic E-state index is 11.1. The Morgan fingerprint density at radius 2 is 1.86 bits per heavy atom. The van der Waals surface area contributed by atoms with Crippen molar-refractivity contribution in [2.45, 2.75) is 35.9 Å². The van der Waals surface area contributed by atoms with Gasteiger partial charge in [-0.3, -0.25) is 4.79 Å². The van der Waals surface area contributed by atoms with E-state index in [1.54, 1.807) is 19.7 Å². The first kappa shape index (κ1) is 15.9. The van der Waals surface area contributed by atoms with Gasteiger partial charge in [-0.1, -0.05) is 6.92 Å². The molecule has 2 heterocycles. The van der Waals surface area contributed by atoms with Gasteiger partial charge in [0.1, 0.15) is 16.1 Å². The van der Waals surface area contributed by atoms with Crippen molar-refractivity contribution in [3.63, 3.8) is 0 Å². The Hall–Kier alpha value is -1.45. The Labute approximate surface area is 130 Å². The monoisotopic (exact) mass is 327 g/mol. The van der Waals surface area contributed by atoms with E-state index in [4.69, 9.17) is 5.11 Å². The fraction of sp³-hybridized carbons (Fsp3) is 0.417. The van der Waals surface area contributed by atoms with E-state index < -0.39 is 12.0 Å². The van der Waals surface area contributed by atoms with Crippen LogP contribution >= 0.6 is 21.6 Å². The first-order chi connectivity index (χ1) is 10.2. The van der Waals surface area contributed by atoms with Crippen LogP contribution in [-0.4, -0.2) is 44.1 Å². The molecule has 9 heteroatoms. The molecule has 0 bridgehead atoms. The Morgan fingerprint density at radius 1 is 1.29 bits per heavy atom. The highest BCUT2D eigenvalue weighted by Crippen LogP contribution is 2.38. The number of aryl methyl sites for hydroxylation is 1. The number of nitrogens with zero attached hydrogens (tertiary/aromatic N) is 2. The molecule has 1 unspecified atom stereocenters. The van der Waals surface area contributed by atoms with Gasteiger partial charge < -0.3 is 20.4 Å². The molecule has 1 atom stereocenters. The Bertz CT molecular complexity index is 598. The molecule has 0 radical (unpaired) electrons. The smallest absolute Gasteiger partial charge is 0.321 e. The van der Waals surface area contributed by atoms with Crippen LogP contribution in [0.5, 0.6) is 0 Å². The van der Waals surface area contributed by atoms with Gasteiger partial charge in [0.2, 0.25) is 0 Å². The van der Waals surface area contributed by atoms with Crippen molar-refractivity contribution in [1.29, 1.82) is 0 Å². The molecule has 2 aromatic rings. The molecular formula is C12H17N5O2S2. The fourth-order valence-electron chi connectivity index (χ4n) is 1.76. The highest BCUT2D eigenvalue weighted by molar-refractivity contribution is 8.76. The highest BCUT2D eigenvalue weighted by atomic mass is 33.1. The van der Waals surface area contributed by atoms with Crippen LogP contribution in [0.1, 0.15) is 18.3 Å². The minimum atomic E-state index is -0.878. The molecule has 0 spiro atoms. The van der Waals surface area contributed by atoms with E-state index in [-0.39, 0.29) is 0 Å². The summed E-state index contributed by atoms with van der Waals surface area (Å²) in [5.74, 6) is -0.878. The lowest BCUT2D eigenvalue weighted by atomic mass is 10.2. The molecule has 0 amide bonds. The van der Waals surface area contributed by atoms with E-state index in [9.17, 15) is 4.79 Å². The largest absolute Gasteiger partial charge is 0.480 e. The Balaban J connectivity index is 2.02. The van der Waals surface area contributed by atoms with E-state index in [1.165, 1.54) is 21.6 Å². The average molecular weight is 327 g/mol. The number of carboxylic acid groups (broad SMARTS) is 1. The van der Waals surface area contributed by atoms with Crippen molar-refractivity contribution in [2.24, 2.45) is 0 Å². The molecule has 0 aromatic carbocycles. The summed E-state index contributed by atoms with van der Waals surface area (Å²) in [5, 5.41) is 13.6. The predicted molar refractivity (Wildman–Crippen MR) is 82.5 cm³/mol. The lowest BCUT2D eigenvalue weighted by Gasteiger charge is -2.10. The number of hydrogen-bond donors (Lipinski definition) is 4. The van der Waals surface area contributed by atoms with Gasteiger partial charge in [0.25, 0.3) is 0 Å². The summed E-state index contributed by atoms with van der Waals surface area (Å²) >= 11 is 0. The molecule has 2 rings (SSSR count). The SMILES string of the molecule is CCc1[nH]cnc1SSc1nc[nH]c1CC(NC)C(=O)O. The second kappa shape index (κ2) is 7.53. The lowest BCUT2D eigenvalue weighted by Crippen LogP contribution is -2.36. The Morgan fingerprint density at radius 3 is 2.38 bits per heavy atom. The molecule has 0 aliphatic rings. The topological polar surface area (TPSA) is 107 Å². The third kappa shape index (κ3) is 4.02. The van der Waals surface area contributed by atoms with E-state index in [0.29, 0.717) is 6.42 Å². The van der Waals surface area contributed by atoms with Gasteiger partial charge >= 0.3 is 5.97 Å². The summed E-state index contributed by atoms with van der Waals surface area (Å²) in [5.41, 5.74) is 1.89. The van der Waals surface area contributed by atoms with Crippen LogP contribution in [0.3, 0.4) is 0 Å². The maximum Gasteiger partial charge on any atom is 0.321 e. The molecule has 21 heavy (non-hydrogen) atoms. The highest BCUT2D eigenvalue weighted by Gasteiger charge is 2.19. The summed E-state index contributed by atoms with van der Waals surface area (Å²) in [6.45, 7) is 2.06.